The summed E-state index contributed by atoms with van der Waals surface area (Å²) in [7, 11) is 0. The number of H-pyrrole nitrogens is 1. The molecule has 1 N–H and O–H groups in total. The minimum atomic E-state index is 0.293. The Hall–Kier alpha value is -1.81. The molecule has 2 aliphatic rings. The Kier molecular flexibility index (Phi) is 4.08. The van der Waals surface area contributed by atoms with Crippen molar-refractivity contribution in [1.82, 2.24) is 9.88 Å². The zero-order valence-electron chi connectivity index (χ0n) is 13.5. The van der Waals surface area contributed by atoms with E-state index in [1.54, 1.807) is 0 Å². The van der Waals surface area contributed by atoms with Crippen molar-refractivity contribution in [2.24, 2.45) is 0 Å². The van der Waals surface area contributed by atoms with Gasteiger partial charge in [-0.3, -0.25) is 4.79 Å². The van der Waals surface area contributed by atoms with Crippen molar-refractivity contribution >= 4 is 16.8 Å². The number of rotatable bonds is 4. The lowest BCUT2D eigenvalue weighted by atomic mass is 10.1. The van der Waals surface area contributed by atoms with E-state index >= 15 is 0 Å². The number of ether oxygens (including phenoxy) is 1. The number of nitrogens with one attached hydrogen (secondary N) is 1. The Morgan fingerprint density at radius 1 is 1.30 bits per heavy atom. The number of amides is 1. The second-order valence-corrected chi connectivity index (χ2v) is 6.71. The maximum atomic E-state index is 12.6. The van der Waals surface area contributed by atoms with Crippen molar-refractivity contribution < 1.29 is 9.53 Å². The Balaban J connectivity index is 1.34. The fourth-order valence-electron chi connectivity index (χ4n) is 4.15. The van der Waals surface area contributed by atoms with Gasteiger partial charge < -0.3 is 14.6 Å². The third kappa shape index (κ3) is 2.88. The first kappa shape index (κ1) is 14.8. The molecular weight excluding hydrogens is 288 g/mol. The molecule has 1 aromatic heterocycles. The van der Waals surface area contributed by atoms with Crippen LogP contribution in [0.15, 0.2) is 30.5 Å². The number of hydrogen-bond donors (Lipinski definition) is 1. The van der Waals surface area contributed by atoms with Crippen molar-refractivity contribution in [3.63, 3.8) is 0 Å². The van der Waals surface area contributed by atoms with E-state index in [0.29, 0.717) is 31.1 Å². The van der Waals surface area contributed by atoms with Gasteiger partial charge in [-0.1, -0.05) is 18.2 Å². The minimum Gasteiger partial charge on any atom is -0.374 e. The number of morpholine rings is 1. The number of fused-ring (bicyclic) bond motifs is 2. The maximum Gasteiger partial charge on any atom is 0.222 e. The van der Waals surface area contributed by atoms with Crippen LogP contribution < -0.4 is 0 Å². The van der Waals surface area contributed by atoms with Gasteiger partial charge in [0.2, 0.25) is 5.91 Å². The van der Waals surface area contributed by atoms with E-state index in [0.717, 1.165) is 32.2 Å². The summed E-state index contributed by atoms with van der Waals surface area (Å²) in [5.74, 6) is 0.310. The highest BCUT2D eigenvalue weighted by Crippen LogP contribution is 2.30. The number of para-hydroxylation sites is 1. The normalized spacial score (nSPS) is 24.1. The second kappa shape index (κ2) is 6.36. The number of carbonyl (C=O) groups is 1. The average molecular weight is 312 g/mol. The van der Waals surface area contributed by atoms with Crippen LogP contribution in [-0.2, 0) is 16.0 Å². The van der Waals surface area contributed by atoms with Gasteiger partial charge in [-0.15, -0.1) is 0 Å². The lowest BCUT2D eigenvalue weighted by molar-refractivity contribution is -0.144. The molecule has 1 saturated heterocycles. The predicted octanol–water partition coefficient (Wildman–Crippen LogP) is 3.27. The molecule has 0 unspecified atom stereocenters. The molecule has 2 fully saturated rings. The van der Waals surface area contributed by atoms with Crippen LogP contribution in [0, 0.1) is 0 Å². The summed E-state index contributed by atoms with van der Waals surface area (Å²) in [6.45, 7) is 1.47. The number of aryl methyl sites for hydroxylation is 1. The Morgan fingerprint density at radius 2 is 2.22 bits per heavy atom. The molecule has 4 rings (SSSR count). The first-order valence-electron chi connectivity index (χ1n) is 8.79. The summed E-state index contributed by atoms with van der Waals surface area (Å²) in [6, 6.07) is 8.69. The molecule has 1 aromatic carbocycles. The number of aromatic nitrogens is 1. The van der Waals surface area contributed by atoms with Crippen LogP contribution in [-0.4, -0.2) is 41.1 Å². The Bertz CT molecular complexity index is 693. The van der Waals surface area contributed by atoms with Gasteiger partial charge in [-0.25, -0.2) is 0 Å². The highest BCUT2D eigenvalue weighted by Gasteiger charge is 2.37. The van der Waals surface area contributed by atoms with Gasteiger partial charge in [0.15, 0.2) is 0 Å². The SMILES string of the molecule is O=C(CCCc1c[nH]c2ccccc12)N1CCO[C@@H]2CCC[C@H]21. The number of nitrogens with zero attached hydrogens (tertiary/aromatic N) is 1. The van der Waals surface area contributed by atoms with E-state index < -0.39 is 0 Å². The smallest absolute Gasteiger partial charge is 0.222 e. The Morgan fingerprint density at radius 3 is 3.17 bits per heavy atom. The molecule has 2 aromatic rings. The van der Waals surface area contributed by atoms with E-state index in [1.807, 2.05) is 6.07 Å². The summed E-state index contributed by atoms with van der Waals surface area (Å²) >= 11 is 0. The second-order valence-electron chi connectivity index (χ2n) is 6.71. The Labute approximate surface area is 136 Å². The monoisotopic (exact) mass is 312 g/mol. The van der Waals surface area contributed by atoms with Gasteiger partial charge >= 0.3 is 0 Å². The van der Waals surface area contributed by atoms with Crippen molar-refractivity contribution in [2.45, 2.75) is 50.7 Å². The maximum absolute atomic E-state index is 12.6. The van der Waals surface area contributed by atoms with Crippen LogP contribution in [0.1, 0.15) is 37.7 Å². The zero-order chi connectivity index (χ0) is 15.6. The molecule has 4 nitrogen and oxygen atoms in total. The van der Waals surface area contributed by atoms with Crippen LogP contribution >= 0.6 is 0 Å². The van der Waals surface area contributed by atoms with E-state index in [4.69, 9.17) is 4.74 Å². The summed E-state index contributed by atoms with van der Waals surface area (Å²) < 4.78 is 5.80. The topological polar surface area (TPSA) is 45.3 Å². The lowest BCUT2D eigenvalue weighted by Crippen LogP contribution is -2.51. The van der Waals surface area contributed by atoms with Crippen molar-refractivity contribution in [1.29, 1.82) is 0 Å². The summed E-state index contributed by atoms with van der Waals surface area (Å²) in [5.41, 5.74) is 2.49. The van der Waals surface area contributed by atoms with Crippen LogP contribution in [0.4, 0.5) is 0 Å². The van der Waals surface area contributed by atoms with E-state index in [9.17, 15) is 4.79 Å². The predicted molar refractivity (Wildman–Crippen MR) is 90.3 cm³/mol. The van der Waals surface area contributed by atoms with Gasteiger partial charge in [0.1, 0.15) is 0 Å². The first-order chi connectivity index (χ1) is 11.3. The van der Waals surface area contributed by atoms with Crippen molar-refractivity contribution in [2.75, 3.05) is 13.2 Å². The summed E-state index contributed by atoms with van der Waals surface area (Å²) in [5, 5.41) is 1.28. The van der Waals surface area contributed by atoms with Gasteiger partial charge in [0, 0.05) is 30.1 Å². The number of hydrogen-bond acceptors (Lipinski definition) is 2. The molecule has 23 heavy (non-hydrogen) atoms. The molecule has 2 heterocycles. The molecule has 1 aliphatic carbocycles. The molecule has 2 atom stereocenters. The van der Waals surface area contributed by atoms with E-state index in [1.165, 1.54) is 22.9 Å². The van der Waals surface area contributed by atoms with Crippen LogP contribution in [0.25, 0.3) is 10.9 Å². The van der Waals surface area contributed by atoms with Gasteiger partial charge in [-0.2, -0.15) is 0 Å². The summed E-state index contributed by atoms with van der Waals surface area (Å²) in [4.78, 5) is 18.0. The quantitative estimate of drug-likeness (QED) is 0.942. The number of aromatic amines is 1. The third-order valence-corrected chi connectivity index (χ3v) is 5.31. The zero-order valence-corrected chi connectivity index (χ0v) is 13.5. The third-order valence-electron chi connectivity index (χ3n) is 5.31. The standard InChI is InChI=1S/C19H24N2O2/c22-19(21-11-12-23-18-9-4-8-17(18)21)10-3-5-14-13-20-16-7-2-1-6-15(14)16/h1-2,6-7,13,17-18,20H,3-5,8-12H2/t17-,18-/m1/s1. The van der Waals surface area contributed by atoms with Gasteiger partial charge in [0.25, 0.3) is 0 Å². The molecule has 1 aliphatic heterocycles. The van der Waals surface area contributed by atoms with Gasteiger partial charge in [-0.05, 0) is 43.7 Å². The molecular formula is C19H24N2O2. The largest absolute Gasteiger partial charge is 0.374 e. The van der Waals surface area contributed by atoms with E-state index in [-0.39, 0.29) is 0 Å². The lowest BCUT2D eigenvalue weighted by Gasteiger charge is -2.37. The fourth-order valence-corrected chi connectivity index (χ4v) is 4.15. The van der Waals surface area contributed by atoms with Crippen LogP contribution in [0.5, 0.6) is 0 Å². The first-order valence-corrected chi connectivity index (χ1v) is 8.79. The molecule has 1 saturated carbocycles. The number of benzene rings is 1. The highest BCUT2D eigenvalue weighted by atomic mass is 16.5. The minimum absolute atomic E-state index is 0.293. The molecule has 4 heteroatoms. The molecule has 1 amide bonds. The van der Waals surface area contributed by atoms with Crippen LogP contribution in [0.3, 0.4) is 0 Å². The molecule has 0 spiro atoms. The molecule has 0 radical (unpaired) electrons. The van der Waals surface area contributed by atoms with Crippen LogP contribution in [0.2, 0.25) is 0 Å². The average Bonchev–Trinajstić information content (AvgIpc) is 3.21. The van der Waals surface area contributed by atoms with E-state index in [2.05, 4.69) is 34.3 Å². The van der Waals surface area contributed by atoms with Crippen molar-refractivity contribution in [3.8, 4) is 0 Å². The fraction of sp³-hybridized carbons (Fsp3) is 0.526. The number of carbonyl (C=O) groups excluding carboxylic acids is 1. The van der Waals surface area contributed by atoms with Gasteiger partial charge in [0.05, 0.1) is 18.8 Å². The summed E-state index contributed by atoms with van der Waals surface area (Å²) in [6.07, 6.45) is 8.29. The van der Waals surface area contributed by atoms with Crippen molar-refractivity contribution in [3.05, 3.63) is 36.0 Å². The highest BCUT2D eigenvalue weighted by molar-refractivity contribution is 5.83. The molecule has 122 valence electrons. The molecule has 0 bridgehead atoms.